The van der Waals surface area contributed by atoms with Gasteiger partial charge in [-0.05, 0) is 48.4 Å². The Bertz CT molecular complexity index is 640. The molecule has 0 aromatic heterocycles. The first kappa shape index (κ1) is 13.8. The van der Waals surface area contributed by atoms with Gasteiger partial charge in [-0.2, -0.15) is 0 Å². The van der Waals surface area contributed by atoms with E-state index in [9.17, 15) is 0 Å². The largest absolute Gasteiger partial charge is 0.496 e. The Labute approximate surface area is 124 Å². The van der Waals surface area contributed by atoms with E-state index in [0.717, 1.165) is 34.8 Å². The highest BCUT2D eigenvalue weighted by molar-refractivity contribution is 5.73. The molecule has 0 fully saturated rings. The van der Waals surface area contributed by atoms with E-state index in [1.54, 1.807) is 7.11 Å². The molecule has 1 aliphatic rings. The van der Waals surface area contributed by atoms with Gasteiger partial charge in [0.1, 0.15) is 19.0 Å². The quantitative estimate of drug-likeness (QED) is 0.938. The smallest absolute Gasteiger partial charge is 0.161 e. The van der Waals surface area contributed by atoms with Gasteiger partial charge in [0.05, 0.1) is 7.11 Å². The molecule has 4 heteroatoms. The fraction of sp³-hybridized carbons (Fsp3) is 0.294. The summed E-state index contributed by atoms with van der Waals surface area (Å²) in [4.78, 5) is 0. The third-order valence-electron chi connectivity index (χ3n) is 3.55. The molecule has 110 valence electrons. The number of hydrogen-bond acceptors (Lipinski definition) is 4. The maximum absolute atomic E-state index is 5.65. The molecule has 1 aliphatic heterocycles. The van der Waals surface area contributed by atoms with Crippen molar-refractivity contribution in [3.8, 4) is 28.4 Å². The lowest BCUT2D eigenvalue weighted by molar-refractivity contribution is 0.171. The van der Waals surface area contributed by atoms with Crippen molar-refractivity contribution >= 4 is 0 Å². The topological polar surface area (TPSA) is 53.7 Å². The van der Waals surface area contributed by atoms with Crippen LogP contribution in [0.15, 0.2) is 36.4 Å². The molecule has 4 nitrogen and oxygen atoms in total. The van der Waals surface area contributed by atoms with E-state index in [2.05, 4.69) is 6.07 Å². The van der Waals surface area contributed by atoms with E-state index in [1.807, 2.05) is 30.3 Å². The van der Waals surface area contributed by atoms with Gasteiger partial charge in [0, 0.05) is 5.56 Å². The number of benzene rings is 2. The Morgan fingerprint density at radius 3 is 2.62 bits per heavy atom. The van der Waals surface area contributed by atoms with E-state index in [1.165, 1.54) is 5.56 Å². The molecule has 0 amide bonds. The summed E-state index contributed by atoms with van der Waals surface area (Å²) in [6.07, 6.45) is 0.849. The predicted octanol–water partition coefficient (Wildman–Crippen LogP) is 2.63. The molecule has 0 radical (unpaired) electrons. The summed E-state index contributed by atoms with van der Waals surface area (Å²) in [5.74, 6) is 2.42. The zero-order chi connectivity index (χ0) is 14.7. The van der Waals surface area contributed by atoms with Crippen LogP contribution >= 0.6 is 0 Å². The molecule has 2 aromatic rings. The molecular formula is C17H19NO3. The van der Waals surface area contributed by atoms with Gasteiger partial charge < -0.3 is 19.9 Å². The van der Waals surface area contributed by atoms with Crippen LogP contribution in [0.25, 0.3) is 11.1 Å². The summed E-state index contributed by atoms with van der Waals surface area (Å²) >= 11 is 0. The molecule has 0 unspecified atom stereocenters. The highest BCUT2D eigenvalue weighted by atomic mass is 16.6. The van der Waals surface area contributed by atoms with E-state index in [-0.39, 0.29) is 0 Å². The van der Waals surface area contributed by atoms with Crippen LogP contribution in [0.2, 0.25) is 0 Å². The van der Waals surface area contributed by atoms with Crippen LogP contribution in [0.4, 0.5) is 0 Å². The van der Waals surface area contributed by atoms with Crippen molar-refractivity contribution < 1.29 is 14.2 Å². The molecule has 0 bridgehead atoms. The Kier molecular flexibility index (Phi) is 3.97. The second-order valence-electron chi connectivity index (χ2n) is 4.93. The van der Waals surface area contributed by atoms with Crippen LogP contribution in [0, 0.1) is 0 Å². The number of rotatable bonds is 4. The second-order valence-corrected chi connectivity index (χ2v) is 4.93. The first-order valence-corrected chi connectivity index (χ1v) is 7.09. The molecule has 0 aliphatic carbocycles. The van der Waals surface area contributed by atoms with E-state index >= 15 is 0 Å². The van der Waals surface area contributed by atoms with Gasteiger partial charge in [-0.15, -0.1) is 0 Å². The summed E-state index contributed by atoms with van der Waals surface area (Å²) in [5.41, 5.74) is 8.93. The number of nitrogens with two attached hydrogens (primary N) is 1. The Morgan fingerprint density at radius 2 is 1.86 bits per heavy atom. The summed E-state index contributed by atoms with van der Waals surface area (Å²) in [6, 6.07) is 12.1. The highest BCUT2D eigenvalue weighted by Gasteiger charge is 2.14. The van der Waals surface area contributed by atoms with Crippen molar-refractivity contribution in [3.05, 3.63) is 42.0 Å². The third-order valence-corrected chi connectivity index (χ3v) is 3.55. The highest BCUT2D eigenvalue weighted by Crippen LogP contribution is 2.38. The minimum atomic E-state index is 0.584. The second kappa shape index (κ2) is 6.06. The van der Waals surface area contributed by atoms with Gasteiger partial charge in [-0.1, -0.05) is 12.1 Å². The van der Waals surface area contributed by atoms with Gasteiger partial charge in [-0.3, -0.25) is 0 Å². The first-order valence-electron chi connectivity index (χ1n) is 7.09. The van der Waals surface area contributed by atoms with E-state index in [4.69, 9.17) is 19.9 Å². The van der Waals surface area contributed by atoms with E-state index in [0.29, 0.717) is 19.8 Å². The van der Waals surface area contributed by atoms with Crippen LogP contribution in [-0.2, 0) is 6.42 Å². The standard InChI is InChI=1S/C17H19NO3/c1-19-15-4-2-12(6-7-18)10-14(15)13-3-5-16-17(11-13)21-9-8-20-16/h2-5,10-11H,6-9,18H2,1H3. The number of fused-ring (bicyclic) bond motifs is 1. The molecular weight excluding hydrogens is 266 g/mol. The summed E-state index contributed by atoms with van der Waals surface area (Å²) < 4.78 is 16.7. The van der Waals surface area contributed by atoms with Crippen molar-refractivity contribution in [2.24, 2.45) is 5.73 Å². The van der Waals surface area contributed by atoms with Gasteiger partial charge in [-0.25, -0.2) is 0 Å². The molecule has 0 spiro atoms. The lowest BCUT2D eigenvalue weighted by Crippen LogP contribution is -2.15. The minimum Gasteiger partial charge on any atom is -0.496 e. The Balaban J connectivity index is 2.03. The number of hydrogen-bond donors (Lipinski definition) is 1. The van der Waals surface area contributed by atoms with Crippen molar-refractivity contribution in [1.82, 2.24) is 0 Å². The zero-order valence-electron chi connectivity index (χ0n) is 12.1. The molecule has 0 saturated carbocycles. The fourth-order valence-corrected chi connectivity index (χ4v) is 2.51. The molecule has 2 N–H and O–H groups in total. The molecule has 3 rings (SSSR count). The summed E-state index contributed by atoms with van der Waals surface area (Å²) in [6.45, 7) is 1.81. The predicted molar refractivity (Wildman–Crippen MR) is 82.2 cm³/mol. The Morgan fingerprint density at radius 1 is 1.05 bits per heavy atom. The SMILES string of the molecule is COc1ccc(CCN)cc1-c1ccc2c(c1)OCCO2. The van der Waals surface area contributed by atoms with Crippen molar-refractivity contribution in [1.29, 1.82) is 0 Å². The summed E-state index contributed by atoms with van der Waals surface area (Å²) in [7, 11) is 1.68. The molecule has 1 heterocycles. The van der Waals surface area contributed by atoms with E-state index < -0.39 is 0 Å². The normalized spacial score (nSPS) is 13.0. The average Bonchev–Trinajstić information content (AvgIpc) is 2.54. The van der Waals surface area contributed by atoms with Crippen LogP contribution < -0.4 is 19.9 Å². The van der Waals surface area contributed by atoms with Crippen LogP contribution in [0.1, 0.15) is 5.56 Å². The van der Waals surface area contributed by atoms with Crippen LogP contribution in [-0.4, -0.2) is 26.9 Å². The molecule has 0 saturated heterocycles. The number of methoxy groups -OCH3 is 1. The van der Waals surface area contributed by atoms with Gasteiger partial charge >= 0.3 is 0 Å². The molecule has 0 atom stereocenters. The maximum atomic E-state index is 5.65. The monoisotopic (exact) mass is 285 g/mol. The van der Waals surface area contributed by atoms with Crippen molar-refractivity contribution in [3.63, 3.8) is 0 Å². The minimum absolute atomic E-state index is 0.584. The first-order chi connectivity index (χ1) is 10.3. The maximum Gasteiger partial charge on any atom is 0.161 e. The summed E-state index contributed by atoms with van der Waals surface area (Å²) in [5, 5.41) is 0. The number of ether oxygens (including phenoxy) is 3. The molecule has 2 aromatic carbocycles. The van der Waals surface area contributed by atoms with Crippen molar-refractivity contribution in [2.45, 2.75) is 6.42 Å². The van der Waals surface area contributed by atoms with Crippen LogP contribution in [0.3, 0.4) is 0 Å². The van der Waals surface area contributed by atoms with Gasteiger partial charge in [0.25, 0.3) is 0 Å². The zero-order valence-corrected chi connectivity index (χ0v) is 12.1. The third kappa shape index (κ3) is 2.81. The van der Waals surface area contributed by atoms with Gasteiger partial charge in [0.15, 0.2) is 11.5 Å². The molecule has 21 heavy (non-hydrogen) atoms. The average molecular weight is 285 g/mol. The van der Waals surface area contributed by atoms with Gasteiger partial charge in [0.2, 0.25) is 0 Å². The lowest BCUT2D eigenvalue weighted by atomic mass is 10.00. The lowest BCUT2D eigenvalue weighted by Gasteiger charge is -2.19. The Hall–Kier alpha value is -2.20. The van der Waals surface area contributed by atoms with Crippen molar-refractivity contribution in [2.75, 3.05) is 26.9 Å². The fourth-order valence-electron chi connectivity index (χ4n) is 2.51. The van der Waals surface area contributed by atoms with Crippen LogP contribution in [0.5, 0.6) is 17.2 Å².